The Labute approximate surface area is 195 Å². The van der Waals surface area contributed by atoms with E-state index in [1.165, 1.54) is 12.2 Å². The number of esters is 2. The molecule has 1 aliphatic carbocycles. The first-order valence-electron chi connectivity index (χ1n) is 11.2. The number of ether oxygens (including phenoxy) is 2. The average Bonchev–Trinajstić information content (AvgIpc) is 2.84. The molecule has 5 nitrogen and oxygen atoms in total. The molecule has 172 valence electrons. The van der Waals surface area contributed by atoms with E-state index in [2.05, 4.69) is 0 Å². The van der Waals surface area contributed by atoms with Gasteiger partial charge in [0.25, 0.3) is 0 Å². The average molecular weight is 447 g/mol. The first kappa shape index (κ1) is 24.2. The number of Topliss-reactive ketones (excluding diaryl/α,β-unsaturated/α-hetero) is 1. The van der Waals surface area contributed by atoms with Crippen molar-refractivity contribution in [2.24, 2.45) is 10.8 Å². The van der Waals surface area contributed by atoms with Gasteiger partial charge in [-0.2, -0.15) is 0 Å². The second-order valence-electron chi connectivity index (χ2n) is 8.87. The van der Waals surface area contributed by atoms with Crippen molar-refractivity contribution in [2.75, 3.05) is 0 Å². The van der Waals surface area contributed by atoms with Gasteiger partial charge in [-0.25, -0.2) is 9.59 Å². The monoisotopic (exact) mass is 446 g/mol. The fourth-order valence-corrected chi connectivity index (χ4v) is 4.08. The van der Waals surface area contributed by atoms with Crippen LogP contribution in [0.2, 0.25) is 0 Å². The highest BCUT2D eigenvalue weighted by Crippen LogP contribution is 2.44. The Morgan fingerprint density at radius 1 is 0.758 bits per heavy atom. The first-order chi connectivity index (χ1) is 15.8. The van der Waals surface area contributed by atoms with Crippen LogP contribution in [0.4, 0.5) is 0 Å². The number of carbonyl (C=O) groups is 3. The normalized spacial score (nSPS) is 23.0. The van der Waals surface area contributed by atoms with E-state index in [1.807, 2.05) is 74.5 Å². The second-order valence-corrected chi connectivity index (χ2v) is 8.87. The van der Waals surface area contributed by atoms with Crippen molar-refractivity contribution in [3.63, 3.8) is 0 Å². The van der Waals surface area contributed by atoms with E-state index in [1.54, 1.807) is 12.2 Å². The molecular weight excluding hydrogens is 416 g/mol. The molecule has 0 radical (unpaired) electrons. The van der Waals surface area contributed by atoms with Gasteiger partial charge in [-0.05, 0) is 37.8 Å². The van der Waals surface area contributed by atoms with Gasteiger partial charge < -0.3 is 9.47 Å². The molecule has 33 heavy (non-hydrogen) atoms. The second kappa shape index (κ2) is 10.9. The van der Waals surface area contributed by atoms with Crippen LogP contribution >= 0.6 is 0 Å². The summed E-state index contributed by atoms with van der Waals surface area (Å²) in [5.41, 5.74) is 0.181. The molecule has 1 fully saturated rings. The Hall–Kier alpha value is -3.47. The van der Waals surface area contributed by atoms with Gasteiger partial charge in [0.05, 0.1) is 0 Å². The summed E-state index contributed by atoms with van der Waals surface area (Å²) in [7, 11) is 0. The molecule has 2 aromatic rings. The minimum atomic E-state index is -0.808. The molecule has 0 aliphatic heterocycles. The molecule has 1 aliphatic rings. The standard InChI is InChI=1S/C28H30O5/c1-27(18-14-24(29)32-20-22-10-5-3-6-11-22)16-9-17-28(2,26(27)31)19-15-25(30)33-21-23-12-7-4-8-13-23/h3-8,10-15,18-19H,9,16-17,20-21H2,1-2H3/b18-14+,19-15+/t27-,28-/m1/s1. The maximum Gasteiger partial charge on any atom is 0.330 e. The van der Waals surface area contributed by atoms with Gasteiger partial charge in [-0.15, -0.1) is 0 Å². The van der Waals surface area contributed by atoms with E-state index in [9.17, 15) is 14.4 Å². The molecule has 0 aromatic heterocycles. The molecule has 0 saturated heterocycles. The Morgan fingerprint density at radius 2 is 1.15 bits per heavy atom. The van der Waals surface area contributed by atoms with Crippen molar-refractivity contribution in [3.05, 3.63) is 96.1 Å². The van der Waals surface area contributed by atoms with Crippen LogP contribution < -0.4 is 0 Å². The van der Waals surface area contributed by atoms with Gasteiger partial charge in [0.1, 0.15) is 13.2 Å². The van der Waals surface area contributed by atoms with Crippen LogP contribution in [-0.2, 0) is 37.1 Å². The number of rotatable bonds is 8. The molecule has 0 N–H and O–H groups in total. The van der Waals surface area contributed by atoms with Gasteiger partial charge in [0.2, 0.25) is 0 Å². The Bertz CT molecular complexity index is 943. The summed E-state index contributed by atoms with van der Waals surface area (Å²) >= 11 is 0. The summed E-state index contributed by atoms with van der Waals surface area (Å²) in [6, 6.07) is 18.8. The minimum absolute atomic E-state index is 0.0273. The van der Waals surface area contributed by atoms with Crippen LogP contribution in [0.1, 0.15) is 44.2 Å². The number of hydrogen-bond donors (Lipinski definition) is 0. The lowest BCUT2D eigenvalue weighted by molar-refractivity contribution is -0.139. The van der Waals surface area contributed by atoms with Gasteiger partial charge in [-0.3, -0.25) is 4.79 Å². The van der Waals surface area contributed by atoms with E-state index < -0.39 is 22.8 Å². The fraction of sp³-hybridized carbons (Fsp3) is 0.321. The Balaban J connectivity index is 1.58. The van der Waals surface area contributed by atoms with Crippen molar-refractivity contribution >= 4 is 17.7 Å². The van der Waals surface area contributed by atoms with Gasteiger partial charge in [-0.1, -0.05) is 79.2 Å². The molecule has 3 rings (SSSR count). The minimum Gasteiger partial charge on any atom is -0.458 e. The third kappa shape index (κ3) is 6.75. The van der Waals surface area contributed by atoms with Crippen LogP contribution in [0.5, 0.6) is 0 Å². The molecule has 2 aromatic carbocycles. The zero-order valence-electron chi connectivity index (χ0n) is 19.2. The van der Waals surface area contributed by atoms with Gasteiger partial charge >= 0.3 is 11.9 Å². The predicted octanol–water partition coefficient (Wildman–Crippen LogP) is 5.35. The van der Waals surface area contributed by atoms with Gasteiger partial charge in [0, 0.05) is 23.0 Å². The summed E-state index contributed by atoms with van der Waals surface area (Å²) in [6.07, 6.45) is 8.02. The first-order valence-corrected chi connectivity index (χ1v) is 11.2. The van der Waals surface area contributed by atoms with Crippen molar-refractivity contribution in [3.8, 4) is 0 Å². The number of hydrogen-bond acceptors (Lipinski definition) is 5. The zero-order chi connectivity index (χ0) is 23.7. The molecule has 0 heterocycles. The highest BCUT2D eigenvalue weighted by atomic mass is 16.5. The summed E-state index contributed by atoms with van der Waals surface area (Å²) in [6.45, 7) is 4.02. The maximum absolute atomic E-state index is 13.3. The zero-order valence-corrected chi connectivity index (χ0v) is 19.2. The smallest absolute Gasteiger partial charge is 0.330 e. The quantitative estimate of drug-likeness (QED) is 0.404. The van der Waals surface area contributed by atoms with Crippen LogP contribution in [0.25, 0.3) is 0 Å². The Morgan fingerprint density at radius 3 is 1.55 bits per heavy atom. The van der Waals surface area contributed by atoms with E-state index in [-0.39, 0.29) is 19.0 Å². The van der Waals surface area contributed by atoms with Crippen molar-refractivity contribution in [1.82, 2.24) is 0 Å². The SMILES string of the molecule is C[C@]1(/C=C/C(=O)OCc2ccccc2)CCC[C@](C)(/C=C/C(=O)OCc2ccccc2)C1=O. The molecule has 5 heteroatoms. The number of allylic oxidation sites excluding steroid dienone is 2. The van der Waals surface area contributed by atoms with Crippen molar-refractivity contribution < 1.29 is 23.9 Å². The van der Waals surface area contributed by atoms with E-state index in [0.717, 1.165) is 17.5 Å². The number of benzene rings is 2. The summed E-state index contributed by atoms with van der Waals surface area (Å²) in [5, 5.41) is 0. The molecule has 0 spiro atoms. The van der Waals surface area contributed by atoms with E-state index in [4.69, 9.17) is 9.47 Å². The lowest BCUT2D eigenvalue weighted by atomic mass is 9.62. The molecular formula is C28H30O5. The van der Waals surface area contributed by atoms with E-state index >= 15 is 0 Å². The lowest BCUT2D eigenvalue weighted by Crippen LogP contribution is -2.42. The summed E-state index contributed by atoms with van der Waals surface area (Å²) in [5.74, 6) is -0.999. The lowest BCUT2D eigenvalue weighted by Gasteiger charge is -2.39. The van der Waals surface area contributed by atoms with E-state index in [0.29, 0.717) is 12.8 Å². The summed E-state index contributed by atoms with van der Waals surface area (Å²) in [4.78, 5) is 37.7. The molecule has 2 atom stereocenters. The predicted molar refractivity (Wildman–Crippen MR) is 126 cm³/mol. The third-order valence-corrected chi connectivity index (χ3v) is 6.05. The fourth-order valence-electron chi connectivity index (χ4n) is 4.08. The number of ketones is 1. The van der Waals surface area contributed by atoms with Crippen LogP contribution in [0, 0.1) is 10.8 Å². The van der Waals surface area contributed by atoms with Crippen molar-refractivity contribution in [2.45, 2.75) is 46.3 Å². The third-order valence-electron chi connectivity index (χ3n) is 6.05. The molecule has 1 saturated carbocycles. The van der Waals surface area contributed by atoms with Crippen molar-refractivity contribution in [1.29, 1.82) is 0 Å². The van der Waals surface area contributed by atoms with Gasteiger partial charge in [0.15, 0.2) is 5.78 Å². The highest BCUT2D eigenvalue weighted by Gasteiger charge is 2.45. The summed E-state index contributed by atoms with van der Waals surface area (Å²) < 4.78 is 10.6. The molecule has 0 bridgehead atoms. The molecule has 0 amide bonds. The van der Waals surface area contributed by atoms with Crippen LogP contribution in [0.3, 0.4) is 0 Å². The largest absolute Gasteiger partial charge is 0.458 e. The number of carbonyl (C=O) groups excluding carboxylic acids is 3. The molecule has 0 unspecified atom stereocenters. The topological polar surface area (TPSA) is 69.7 Å². The maximum atomic E-state index is 13.3. The van der Waals surface area contributed by atoms with Crippen LogP contribution in [0.15, 0.2) is 85.0 Å². The van der Waals surface area contributed by atoms with Crippen LogP contribution in [-0.4, -0.2) is 17.7 Å². The highest BCUT2D eigenvalue weighted by molar-refractivity contribution is 5.96. The Kier molecular flexibility index (Phi) is 7.99.